The van der Waals surface area contributed by atoms with Gasteiger partial charge in [0, 0.05) is 15.1 Å². The fourth-order valence-corrected chi connectivity index (χ4v) is 7.02. The molecule has 5 nitrogen and oxygen atoms in total. The first kappa shape index (κ1) is 18.3. The fraction of sp³-hybridized carbons (Fsp3) is 0.400. The van der Waals surface area contributed by atoms with Crippen LogP contribution < -0.4 is 5.56 Å². The first-order chi connectivity index (χ1) is 13.6. The van der Waals surface area contributed by atoms with E-state index in [1.54, 1.807) is 40.8 Å². The van der Waals surface area contributed by atoms with E-state index in [0.29, 0.717) is 17.5 Å². The van der Waals surface area contributed by atoms with E-state index in [0.717, 1.165) is 51.1 Å². The van der Waals surface area contributed by atoms with Gasteiger partial charge in [0.15, 0.2) is 0 Å². The number of thioether (sulfide) groups is 1. The summed E-state index contributed by atoms with van der Waals surface area (Å²) in [6, 6.07) is 2.18. The molecule has 1 N–H and O–H groups in total. The lowest BCUT2D eigenvalue weighted by atomic mass is 9.89. The lowest BCUT2D eigenvalue weighted by molar-refractivity contribution is 0.509. The highest BCUT2D eigenvalue weighted by Gasteiger charge is 2.23. The number of fused-ring (bicyclic) bond motifs is 4. The molecule has 0 aromatic carbocycles. The van der Waals surface area contributed by atoms with Crippen molar-refractivity contribution in [3.8, 4) is 0 Å². The number of hydrogen-bond donors (Lipinski definition) is 1. The fourth-order valence-electron chi connectivity index (χ4n) is 3.77. The molecule has 4 aromatic heterocycles. The molecule has 1 aliphatic rings. The van der Waals surface area contributed by atoms with E-state index < -0.39 is 0 Å². The molecule has 0 bridgehead atoms. The van der Waals surface area contributed by atoms with Crippen LogP contribution >= 0.6 is 34.4 Å². The third-order valence-corrected chi connectivity index (χ3v) is 8.60. The van der Waals surface area contributed by atoms with E-state index >= 15 is 0 Å². The average molecular weight is 429 g/mol. The molecule has 1 unspecified atom stereocenters. The Hall–Kier alpha value is -1.77. The van der Waals surface area contributed by atoms with Gasteiger partial charge in [0.2, 0.25) is 0 Å². The maximum Gasteiger partial charge on any atom is 0.259 e. The minimum absolute atomic E-state index is 0.00397. The van der Waals surface area contributed by atoms with Crippen molar-refractivity contribution in [3.05, 3.63) is 43.9 Å². The Kier molecular flexibility index (Phi) is 4.72. The summed E-state index contributed by atoms with van der Waals surface area (Å²) in [5, 5.41) is 2.86. The molecule has 1 aliphatic carbocycles. The Bertz CT molecular complexity index is 1240. The van der Waals surface area contributed by atoms with Crippen molar-refractivity contribution < 1.29 is 0 Å². The first-order valence-corrected chi connectivity index (χ1v) is 12.1. The van der Waals surface area contributed by atoms with Crippen LogP contribution in [0.15, 0.2) is 22.2 Å². The Morgan fingerprint density at radius 3 is 3.04 bits per heavy atom. The molecule has 0 aliphatic heterocycles. The van der Waals surface area contributed by atoms with Crippen LogP contribution in [0.5, 0.6) is 0 Å². The van der Waals surface area contributed by atoms with Crippen LogP contribution in [0.4, 0.5) is 0 Å². The molecule has 8 heteroatoms. The summed E-state index contributed by atoms with van der Waals surface area (Å²) in [7, 11) is 0. The summed E-state index contributed by atoms with van der Waals surface area (Å²) in [6.07, 6.45) is 5.83. The van der Waals surface area contributed by atoms with E-state index in [-0.39, 0.29) is 5.56 Å². The highest BCUT2D eigenvalue weighted by molar-refractivity contribution is 7.98. The standard InChI is InChI=1S/C20H20N4OS3/c1-3-11-7-13-18(21-9-22-19(13)27-11)26-8-15-23-17(25)16-12-5-4-10(2)6-14(12)28-20(16)24-15/h7,9-10H,3-6,8H2,1-2H3,(H,23,24,25). The number of nitrogens with zero attached hydrogens (tertiary/aromatic N) is 3. The molecule has 5 rings (SSSR count). The normalized spacial score (nSPS) is 16.7. The smallest absolute Gasteiger partial charge is 0.259 e. The molecular weight excluding hydrogens is 408 g/mol. The van der Waals surface area contributed by atoms with E-state index in [1.165, 1.54) is 15.3 Å². The molecule has 1 atom stereocenters. The van der Waals surface area contributed by atoms with Crippen molar-refractivity contribution >= 4 is 54.9 Å². The van der Waals surface area contributed by atoms with Gasteiger partial charge in [-0.15, -0.1) is 22.7 Å². The van der Waals surface area contributed by atoms with Crippen molar-refractivity contribution in [1.29, 1.82) is 0 Å². The molecular formula is C20H20N4OS3. The van der Waals surface area contributed by atoms with Crippen molar-refractivity contribution in [2.45, 2.75) is 50.3 Å². The average Bonchev–Trinajstić information content (AvgIpc) is 3.26. The maximum absolute atomic E-state index is 12.8. The zero-order valence-electron chi connectivity index (χ0n) is 15.7. The molecule has 144 valence electrons. The summed E-state index contributed by atoms with van der Waals surface area (Å²) >= 11 is 5.02. The van der Waals surface area contributed by atoms with Gasteiger partial charge in [-0.25, -0.2) is 15.0 Å². The van der Waals surface area contributed by atoms with Gasteiger partial charge < -0.3 is 4.98 Å². The summed E-state index contributed by atoms with van der Waals surface area (Å²) in [4.78, 5) is 34.0. The largest absolute Gasteiger partial charge is 0.309 e. The van der Waals surface area contributed by atoms with Crippen LogP contribution in [0.2, 0.25) is 0 Å². The van der Waals surface area contributed by atoms with Crippen LogP contribution in [-0.4, -0.2) is 19.9 Å². The Morgan fingerprint density at radius 1 is 1.29 bits per heavy atom. The van der Waals surface area contributed by atoms with Crippen LogP contribution in [0.1, 0.15) is 41.4 Å². The number of aromatic nitrogens is 4. The Morgan fingerprint density at radius 2 is 2.18 bits per heavy atom. The van der Waals surface area contributed by atoms with Crippen LogP contribution in [0.3, 0.4) is 0 Å². The highest BCUT2D eigenvalue weighted by atomic mass is 32.2. The predicted molar refractivity (Wildman–Crippen MR) is 118 cm³/mol. The molecule has 0 saturated carbocycles. The van der Waals surface area contributed by atoms with E-state index in [1.807, 2.05) is 0 Å². The van der Waals surface area contributed by atoms with Crippen LogP contribution in [0.25, 0.3) is 20.4 Å². The quantitative estimate of drug-likeness (QED) is 0.367. The number of hydrogen-bond acceptors (Lipinski definition) is 7. The predicted octanol–water partition coefficient (Wildman–Crippen LogP) is 4.97. The number of aryl methyl sites for hydroxylation is 2. The molecule has 4 aromatic rings. The number of nitrogens with one attached hydrogen (secondary N) is 1. The Balaban J connectivity index is 1.46. The van der Waals surface area contributed by atoms with Gasteiger partial charge >= 0.3 is 0 Å². The van der Waals surface area contributed by atoms with Crippen molar-refractivity contribution in [3.63, 3.8) is 0 Å². The van der Waals surface area contributed by atoms with Crippen molar-refractivity contribution in [1.82, 2.24) is 19.9 Å². The maximum atomic E-state index is 12.8. The van der Waals surface area contributed by atoms with Gasteiger partial charge in [0.25, 0.3) is 5.56 Å². The van der Waals surface area contributed by atoms with Gasteiger partial charge in [-0.1, -0.05) is 25.6 Å². The third-order valence-electron chi connectivity index (χ3n) is 5.25. The second kappa shape index (κ2) is 7.24. The molecule has 0 radical (unpaired) electrons. The number of thiophene rings is 2. The van der Waals surface area contributed by atoms with Gasteiger partial charge in [-0.05, 0) is 43.2 Å². The summed E-state index contributed by atoms with van der Waals surface area (Å²) in [6.45, 7) is 4.43. The van der Waals surface area contributed by atoms with Gasteiger partial charge in [0.05, 0.1) is 11.1 Å². The third kappa shape index (κ3) is 3.17. The molecule has 0 spiro atoms. The summed E-state index contributed by atoms with van der Waals surface area (Å²) < 4.78 is 0. The number of rotatable bonds is 4. The molecule has 4 heterocycles. The molecule has 0 fully saturated rings. The second-order valence-electron chi connectivity index (χ2n) is 7.30. The van der Waals surface area contributed by atoms with Crippen LogP contribution in [-0.2, 0) is 25.0 Å². The minimum Gasteiger partial charge on any atom is -0.309 e. The number of aromatic amines is 1. The molecule has 0 saturated heterocycles. The highest BCUT2D eigenvalue weighted by Crippen LogP contribution is 2.36. The van der Waals surface area contributed by atoms with Gasteiger partial charge in [0.1, 0.15) is 26.8 Å². The van der Waals surface area contributed by atoms with E-state index in [2.05, 4.69) is 34.9 Å². The van der Waals surface area contributed by atoms with E-state index in [4.69, 9.17) is 4.98 Å². The SMILES string of the molecule is CCc1cc2c(SCc3nc4sc5c(c4c(=O)[nH]3)CCC(C)C5)ncnc2s1. The zero-order valence-corrected chi connectivity index (χ0v) is 18.2. The second-order valence-corrected chi connectivity index (χ2v) is 10.5. The Labute approximate surface area is 174 Å². The van der Waals surface area contributed by atoms with Gasteiger partial charge in [-0.2, -0.15) is 0 Å². The van der Waals surface area contributed by atoms with E-state index in [9.17, 15) is 4.79 Å². The topological polar surface area (TPSA) is 71.5 Å². The number of H-pyrrole nitrogens is 1. The van der Waals surface area contributed by atoms with Gasteiger partial charge in [-0.3, -0.25) is 4.79 Å². The lowest BCUT2D eigenvalue weighted by Crippen LogP contribution is -2.14. The first-order valence-electron chi connectivity index (χ1n) is 9.52. The van der Waals surface area contributed by atoms with Crippen molar-refractivity contribution in [2.75, 3.05) is 0 Å². The molecule has 28 heavy (non-hydrogen) atoms. The monoisotopic (exact) mass is 428 g/mol. The molecule has 0 amide bonds. The van der Waals surface area contributed by atoms with Crippen molar-refractivity contribution in [2.24, 2.45) is 5.92 Å². The zero-order chi connectivity index (χ0) is 19.3. The van der Waals surface area contributed by atoms with Crippen LogP contribution in [0, 0.1) is 5.92 Å². The summed E-state index contributed by atoms with van der Waals surface area (Å²) in [5.74, 6) is 1.99. The summed E-state index contributed by atoms with van der Waals surface area (Å²) in [5.41, 5.74) is 1.23. The minimum atomic E-state index is 0.00397. The lowest BCUT2D eigenvalue weighted by Gasteiger charge is -2.17.